The van der Waals surface area contributed by atoms with E-state index in [0.717, 1.165) is 23.6 Å². The zero-order valence-corrected chi connectivity index (χ0v) is 11.7. The van der Waals surface area contributed by atoms with Gasteiger partial charge in [0, 0.05) is 24.0 Å². The van der Waals surface area contributed by atoms with Crippen LogP contribution in [0.25, 0.3) is 11.4 Å². The summed E-state index contributed by atoms with van der Waals surface area (Å²) < 4.78 is 5.25. The fourth-order valence-corrected chi connectivity index (χ4v) is 2.63. The van der Waals surface area contributed by atoms with Crippen molar-refractivity contribution in [2.24, 2.45) is 0 Å². The fourth-order valence-electron chi connectivity index (χ4n) is 2.63. The van der Waals surface area contributed by atoms with Gasteiger partial charge in [0.2, 0.25) is 0 Å². The van der Waals surface area contributed by atoms with Gasteiger partial charge >= 0.3 is 0 Å². The Hall–Kier alpha value is -2.01. The van der Waals surface area contributed by atoms with Crippen molar-refractivity contribution in [3.05, 3.63) is 30.1 Å². The molecule has 0 aliphatic carbocycles. The molecule has 1 saturated heterocycles. The molecule has 2 heterocycles. The SMILES string of the molecule is COc1cc(-c2ncc(CN3CCCC3)[nH]2)ccc1N. The number of nitrogens with two attached hydrogens (primary N) is 1. The fraction of sp³-hybridized carbons (Fsp3) is 0.400. The maximum atomic E-state index is 5.83. The number of methoxy groups -OCH3 is 1. The Labute approximate surface area is 118 Å². The van der Waals surface area contributed by atoms with E-state index in [9.17, 15) is 0 Å². The molecule has 0 unspecified atom stereocenters. The second kappa shape index (κ2) is 5.54. The molecule has 0 bridgehead atoms. The molecule has 1 aliphatic rings. The smallest absolute Gasteiger partial charge is 0.142 e. The summed E-state index contributed by atoms with van der Waals surface area (Å²) in [6.07, 6.45) is 4.52. The molecule has 0 amide bonds. The summed E-state index contributed by atoms with van der Waals surface area (Å²) in [6.45, 7) is 3.31. The second-order valence-corrected chi connectivity index (χ2v) is 5.20. The standard InChI is InChI=1S/C15H20N4O/c1-20-14-8-11(4-5-13(14)16)15-17-9-12(18-15)10-19-6-2-3-7-19/h4-5,8-9H,2-3,6-7,10,16H2,1H3,(H,17,18). The molecule has 5 heteroatoms. The minimum absolute atomic E-state index is 0.639. The van der Waals surface area contributed by atoms with Crippen molar-refractivity contribution in [3.8, 4) is 17.1 Å². The monoisotopic (exact) mass is 272 g/mol. The Morgan fingerprint density at radius 2 is 2.15 bits per heavy atom. The van der Waals surface area contributed by atoms with Crippen LogP contribution in [0.15, 0.2) is 24.4 Å². The van der Waals surface area contributed by atoms with Crippen molar-refractivity contribution < 1.29 is 4.74 Å². The number of nitrogen functional groups attached to an aromatic ring is 1. The highest BCUT2D eigenvalue weighted by Crippen LogP contribution is 2.27. The zero-order valence-electron chi connectivity index (χ0n) is 11.7. The van der Waals surface area contributed by atoms with Crippen LogP contribution in [0.4, 0.5) is 5.69 Å². The van der Waals surface area contributed by atoms with Gasteiger partial charge in [-0.2, -0.15) is 0 Å². The number of aromatic amines is 1. The maximum Gasteiger partial charge on any atom is 0.142 e. The highest BCUT2D eigenvalue weighted by Gasteiger charge is 2.13. The number of ether oxygens (including phenoxy) is 1. The number of nitrogens with zero attached hydrogens (tertiary/aromatic N) is 2. The number of hydrogen-bond donors (Lipinski definition) is 2. The molecule has 1 aromatic carbocycles. The highest BCUT2D eigenvalue weighted by molar-refractivity contribution is 5.65. The number of anilines is 1. The van der Waals surface area contributed by atoms with Gasteiger partial charge in [0.05, 0.1) is 12.8 Å². The van der Waals surface area contributed by atoms with Crippen LogP contribution in [0.3, 0.4) is 0 Å². The molecule has 2 aromatic rings. The van der Waals surface area contributed by atoms with E-state index in [2.05, 4.69) is 14.9 Å². The van der Waals surface area contributed by atoms with Gasteiger partial charge in [-0.1, -0.05) is 0 Å². The Kier molecular flexibility index (Phi) is 3.60. The van der Waals surface area contributed by atoms with Gasteiger partial charge in [-0.3, -0.25) is 4.90 Å². The normalized spacial score (nSPS) is 15.7. The van der Waals surface area contributed by atoms with E-state index in [1.165, 1.54) is 25.9 Å². The number of hydrogen-bond acceptors (Lipinski definition) is 4. The molecule has 0 spiro atoms. The van der Waals surface area contributed by atoms with Crippen molar-refractivity contribution in [1.29, 1.82) is 0 Å². The molecule has 0 radical (unpaired) electrons. The van der Waals surface area contributed by atoms with Gasteiger partial charge in [-0.05, 0) is 44.1 Å². The summed E-state index contributed by atoms with van der Waals surface area (Å²) in [5.74, 6) is 1.54. The Morgan fingerprint density at radius 3 is 2.90 bits per heavy atom. The molecule has 0 atom stereocenters. The van der Waals surface area contributed by atoms with Crippen LogP contribution in [0.5, 0.6) is 5.75 Å². The molecule has 5 nitrogen and oxygen atoms in total. The van der Waals surface area contributed by atoms with Crippen LogP contribution in [0.2, 0.25) is 0 Å². The summed E-state index contributed by atoms with van der Waals surface area (Å²) in [5, 5.41) is 0. The van der Waals surface area contributed by atoms with Crippen molar-refractivity contribution in [3.63, 3.8) is 0 Å². The number of aromatic nitrogens is 2. The number of rotatable bonds is 4. The van der Waals surface area contributed by atoms with E-state index < -0.39 is 0 Å². The minimum atomic E-state index is 0.639. The molecule has 20 heavy (non-hydrogen) atoms. The topological polar surface area (TPSA) is 67.2 Å². The first kappa shape index (κ1) is 13.0. The minimum Gasteiger partial charge on any atom is -0.495 e. The molecular formula is C15H20N4O. The van der Waals surface area contributed by atoms with Crippen LogP contribution in [-0.2, 0) is 6.54 Å². The van der Waals surface area contributed by atoms with E-state index in [4.69, 9.17) is 10.5 Å². The lowest BCUT2D eigenvalue weighted by Crippen LogP contribution is -2.18. The Morgan fingerprint density at radius 1 is 1.35 bits per heavy atom. The summed E-state index contributed by atoms with van der Waals surface area (Å²) >= 11 is 0. The van der Waals surface area contributed by atoms with Gasteiger partial charge in [0.1, 0.15) is 11.6 Å². The Bertz CT molecular complexity index is 587. The molecule has 1 aromatic heterocycles. The van der Waals surface area contributed by atoms with Gasteiger partial charge in [0.15, 0.2) is 0 Å². The predicted molar refractivity (Wildman–Crippen MR) is 79.5 cm³/mol. The third-order valence-electron chi connectivity index (χ3n) is 3.73. The molecular weight excluding hydrogens is 252 g/mol. The number of benzene rings is 1. The van der Waals surface area contributed by atoms with Crippen molar-refractivity contribution in [2.75, 3.05) is 25.9 Å². The quantitative estimate of drug-likeness (QED) is 0.838. The van der Waals surface area contributed by atoms with Gasteiger partial charge in [-0.15, -0.1) is 0 Å². The summed E-state index contributed by atoms with van der Waals surface area (Å²) in [6, 6.07) is 5.71. The van der Waals surface area contributed by atoms with E-state index in [1.807, 2.05) is 24.4 Å². The van der Waals surface area contributed by atoms with E-state index in [-0.39, 0.29) is 0 Å². The lowest BCUT2D eigenvalue weighted by molar-refractivity contribution is 0.328. The number of H-pyrrole nitrogens is 1. The largest absolute Gasteiger partial charge is 0.495 e. The maximum absolute atomic E-state index is 5.83. The first-order chi connectivity index (χ1) is 9.76. The van der Waals surface area contributed by atoms with Gasteiger partial charge in [0.25, 0.3) is 0 Å². The molecule has 106 valence electrons. The van der Waals surface area contributed by atoms with E-state index in [1.54, 1.807) is 7.11 Å². The average molecular weight is 272 g/mol. The molecule has 1 fully saturated rings. The van der Waals surface area contributed by atoms with Crippen molar-refractivity contribution in [1.82, 2.24) is 14.9 Å². The molecule has 3 N–H and O–H groups in total. The second-order valence-electron chi connectivity index (χ2n) is 5.20. The lowest BCUT2D eigenvalue weighted by Gasteiger charge is -2.12. The first-order valence-electron chi connectivity index (χ1n) is 6.96. The first-order valence-corrected chi connectivity index (χ1v) is 6.96. The third-order valence-corrected chi connectivity index (χ3v) is 3.73. The van der Waals surface area contributed by atoms with Crippen LogP contribution >= 0.6 is 0 Å². The summed E-state index contributed by atoms with van der Waals surface area (Å²) in [5.41, 5.74) is 8.61. The lowest BCUT2D eigenvalue weighted by atomic mass is 10.2. The summed E-state index contributed by atoms with van der Waals surface area (Å²) in [4.78, 5) is 10.3. The van der Waals surface area contributed by atoms with Crippen LogP contribution in [-0.4, -0.2) is 35.1 Å². The van der Waals surface area contributed by atoms with Crippen LogP contribution in [0.1, 0.15) is 18.5 Å². The zero-order chi connectivity index (χ0) is 13.9. The summed E-state index contributed by atoms with van der Waals surface area (Å²) in [7, 11) is 1.62. The van der Waals surface area contributed by atoms with Gasteiger partial charge < -0.3 is 15.5 Å². The van der Waals surface area contributed by atoms with E-state index in [0.29, 0.717) is 11.4 Å². The van der Waals surface area contributed by atoms with Crippen LogP contribution < -0.4 is 10.5 Å². The average Bonchev–Trinajstić information content (AvgIpc) is 3.12. The Balaban J connectivity index is 1.78. The molecule has 1 aliphatic heterocycles. The third kappa shape index (κ3) is 2.63. The molecule has 3 rings (SSSR count). The van der Waals surface area contributed by atoms with Crippen molar-refractivity contribution >= 4 is 5.69 Å². The number of nitrogens with one attached hydrogen (secondary N) is 1. The van der Waals surface area contributed by atoms with Crippen molar-refractivity contribution in [2.45, 2.75) is 19.4 Å². The van der Waals surface area contributed by atoms with Gasteiger partial charge in [-0.25, -0.2) is 4.98 Å². The number of likely N-dealkylation sites (tertiary alicyclic amines) is 1. The molecule has 0 saturated carbocycles. The number of imidazole rings is 1. The highest BCUT2D eigenvalue weighted by atomic mass is 16.5. The van der Waals surface area contributed by atoms with Crippen LogP contribution in [0, 0.1) is 0 Å². The van der Waals surface area contributed by atoms with E-state index >= 15 is 0 Å². The predicted octanol–water partition coefficient (Wildman–Crippen LogP) is 2.26.